The second kappa shape index (κ2) is 6.87. The number of halogens is 2. The van der Waals surface area contributed by atoms with Crippen molar-refractivity contribution in [3.63, 3.8) is 0 Å². The summed E-state index contributed by atoms with van der Waals surface area (Å²) in [6.07, 6.45) is -4.74. The Hall–Kier alpha value is -2.13. The van der Waals surface area contributed by atoms with Gasteiger partial charge in [-0.2, -0.15) is 8.78 Å². The Balaban J connectivity index is 2.82. The molecule has 1 amide bonds. The molecule has 1 aromatic rings. The first kappa shape index (κ1) is 15.9. The summed E-state index contributed by atoms with van der Waals surface area (Å²) in [6, 6.07) is 3.31. The fourth-order valence-electron chi connectivity index (χ4n) is 1.50. The first-order valence-corrected chi connectivity index (χ1v) is 5.48. The lowest BCUT2D eigenvalue weighted by atomic mass is 10.0. The molecule has 0 radical (unpaired) electrons. The number of amides is 1. The fourth-order valence-corrected chi connectivity index (χ4v) is 1.50. The lowest BCUT2D eigenvalue weighted by molar-refractivity contribution is -0.384. The van der Waals surface area contributed by atoms with Crippen molar-refractivity contribution in [3.05, 3.63) is 39.9 Å². The number of nitrogens with zero attached hydrogens (tertiary/aromatic N) is 1. The van der Waals surface area contributed by atoms with E-state index in [1.54, 1.807) is 5.32 Å². The van der Waals surface area contributed by atoms with Gasteiger partial charge in [0, 0.05) is 12.1 Å². The largest absolute Gasteiger partial charge is 0.394 e. The van der Waals surface area contributed by atoms with Gasteiger partial charge in [0.05, 0.1) is 17.6 Å². The van der Waals surface area contributed by atoms with Crippen molar-refractivity contribution in [2.75, 3.05) is 6.61 Å². The number of carbonyl (C=O) groups excluding carboxylic acids is 1. The maximum absolute atomic E-state index is 12.1. The molecule has 0 aliphatic heterocycles. The van der Waals surface area contributed by atoms with Gasteiger partial charge in [-0.1, -0.05) is 0 Å². The predicted molar refractivity (Wildman–Crippen MR) is 63.1 cm³/mol. The van der Waals surface area contributed by atoms with Gasteiger partial charge in [-0.25, -0.2) is 0 Å². The van der Waals surface area contributed by atoms with Crippen LogP contribution in [-0.4, -0.2) is 40.1 Å². The molecular weight excluding hydrogens is 278 g/mol. The molecule has 0 fully saturated rings. The molecule has 7 nitrogen and oxygen atoms in total. The van der Waals surface area contributed by atoms with Gasteiger partial charge in [-0.15, -0.1) is 0 Å². The molecule has 0 bridgehead atoms. The van der Waals surface area contributed by atoms with E-state index in [4.69, 9.17) is 5.11 Å². The van der Waals surface area contributed by atoms with Crippen LogP contribution < -0.4 is 5.32 Å². The van der Waals surface area contributed by atoms with Crippen molar-refractivity contribution >= 4 is 11.6 Å². The zero-order valence-electron chi connectivity index (χ0n) is 10.1. The van der Waals surface area contributed by atoms with Crippen LogP contribution in [0.15, 0.2) is 24.3 Å². The van der Waals surface area contributed by atoms with E-state index >= 15 is 0 Å². The second-order valence-corrected chi connectivity index (χ2v) is 3.89. The number of rotatable bonds is 6. The van der Waals surface area contributed by atoms with Gasteiger partial charge >= 0.3 is 6.43 Å². The molecule has 0 saturated heterocycles. The Bertz CT molecular complexity index is 480. The van der Waals surface area contributed by atoms with Gasteiger partial charge in [0.15, 0.2) is 0 Å². The number of nitrogens with one attached hydrogen (secondary N) is 1. The van der Waals surface area contributed by atoms with Crippen LogP contribution in [0.25, 0.3) is 0 Å². The van der Waals surface area contributed by atoms with Gasteiger partial charge in [-0.05, 0) is 17.7 Å². The quantitative estimate of drug-likeness (QED) is 0.517. The van der Waals surface area contributed by atoms with Crippen LogP contribution in [0.2, 0.25) is 0 Å². The van der Waals surface area contributed by atoms with Crippen molar-refractivity contribution in [2.45, 2.75) is 18.6 Å². The van der Waals surface area contributed by atoms with Crippen molar-refractivity contribution in [2.24, 2.45) is 0 Å². The molecular formula is C11H12F2N2O5. The summed E-state index contributed by atoms with van der Waals surface area (Å²) in [5.74, 6) is -1.62. The summed E-state index contributed by atoms with van der Waals surface area (Å²) in [5.41, 5.74) is -0.0673. The minimum atomic E-state index is -3.27. The van der Waals surface area contributed by atoms with Crippen LogP contribution in [-0.2, 0) is 4.79 Å². The van der Waals surface area contributed by atoms with Gasteiger partial charge in [0.1, 0.15) is 6.10 Å². The Kier molecular flexibility index (Phi) is 5.47. The van der Waals surface area contributed by atoms with E-state index in [0.29, 0.717) is 0 Å². The van der Waals surface area contributed by atoms with E-state index < -0.39 is 36.0 Å². The van der Waals surface area contributed by atoms with E-state index in [2.05, 4.69) is 0 Å². The lowest BCUT2D eigenvalue weighted by Gasteiger charge is -2.22. The summed E-state index contributed by atoms with van der Waals surface area (Å²) >= 11 is 0. The number of benzene rings is 1. The number of aliphatic hydroxyl groups excluding tert-OH is 2. The topological polar surface area (TPSA) is 113 Å². The molecule has 3 N–H and O–H groups in total. The van der Waals surface area contributed by atoms with Crippen molar-refractivity contribution in [1.82, 2.24) is 5.32 Å². The maximum Gasteiger partial charge on any atom is 0.315 e. The van der Waals surface area contributed by atoms with E-state index in [9.17, 15) is 28.8 Å². The number of aliphatic hydroxyl groups is 2. The third kappa shape index (κ3) is 3.93. The monoisotopic (exact) mass is 290 g/mol. The predicted octanol–water partition coefficient (Wildman–Crippen LogP) is 0.370. The fraction of sp³-hybridized carbons (Fsp3) is 0.364. The summed E-state index contributed by atoms with van der Waals surface area (Å²) in [5, 5.41) is 31.1. The van der Waals surface area contributed by atoms with Crippen LogP contribution in [0.4, 0.5) is 14.5 Å². The van der Waals surface area contributed by atoms with E-state index in [0.717, 1.165) is 12.1 Å². The maximum atomic E-state index is 12.1. The first-order valence-electron chi connectivity index (χ1n) is 5.48. The summed E-state index contributed by atoms with van der Waals surface area (Å²) in [7, 11) is 0. The van der Waals surface area contributed by atoms with Crippen molar-refractivity contribution in [1.29, 1.82) is 0 Å². The molecule has 0 aromatic heterocycles. The Morgan fingerprint density at radius 1 is 1.35 bits per heavy atom. The van der Waals surface area contributed by atoms with Crippen LogP contribution in [0.1, 0.15) is 11.7 Å². The SMILES string of the molecule is O=C(N[C@H](CO)[C@H](O)c1ccc([N+](=O)[O-])cc1)C(F)F. The van der Waals surface area contributed by atoms with Gasteiger partial charge in [0.25, 0.3) is 11.6 Å². The molecule has 0 spiro atoms. The Labute approximate surface area is 112 Å². The third-order valence-electron chi connectivity index (χ3n) is 2.55. The third-order valence-corrected chi connectivity index (χ3v) is 2.55. The molecule has 0 aliphatic carbocycles. The van der Waals surface area contributed by atoms with Gasteiger partial charge in [0.2, 0.25) is 0 Å². The zero-order chi connectivity index (χ0) is 15.3. The number of nitro groups is 1. The van der Waals surface area contributed by atoms with Crippen molar-refractivity contribution in [3.8, 4) is 0 Å². The smallest absolute Gasteiger partial charge is 0.315 e. The Morgan fingerprint density at radius 3 is 2.30 bits per heavy atom. The number of hydrogen-bond donors (Lipinski definition) is 3. The minimum absolute atomic E-state index is 0.143. The summed E-state index contributed by atoms with van der Waals surface area (Å²) < 4.78 is 24.2. The molecule has 0 heterocycles. The number of hydrogen-bond acceptors (Lipinski definition) is 5. The average Bonchev–Trinajstić information content (AvgIpc) is 2.43. The van der Waals surface area contributed by atoms with Crippen LogP contribution in [0.5, 0.6) is 0 Å². The lowest BCUT2D eigenvalue weighted by Crippen LogP contribution is -2.44. The summed E-state index contributed by atoms with van der Waals surface area (Å²) in [4.78, 5) is 20.6. The Morgan fingerprint density at radius 2 is 1.90 bits per heavy atom. The molecule has 1 rings (SSSR count). The van der Waals surface area contributed by atoms with Crippen LogP contribution in [0, 0.1) is 10.1 Å². The highest BCUT2D eigenvalue weighted by molar-refractivity contribution is 5.79. The zero-order valence-corrected chi connectivity index (χ0v) is 10.1. The molecule has 0 unspecified atom stereocenters. The molecule has 0 saturated carbocycles. The van der Waals surface area contributed by atoms with Crippen LogP contribution in [0.3, 0.4) is 0 Å². The number of carbonyl (C=O) groups is 1. The van der Waals surface area contributed by atoms with E-state index in [-0.39, 0.29) is 11.3 Å². The average molecular weight is 290 g/mol. The highest BCUT2D eigenvalue weighted by Gasteiger charge is 2.26. The van der Waals surface area contributed by atoms with E-state index in [1.807, 2.05) is 0 Å². The molecule has 2 atom stereocenters. The minimum Gasteiger partial charge on any atom is -0.394 e. The highest BCUT2D eigenvalue weighted by Crippen LogP contribution is 2.20. The number of nitro benzene ring substituents is 1. The molecule has 1 aromatic carbocycles. The second-order valence-electron chi connectivity index (χ2n) is 3.89. The van der Waals surface area contributed by atoms with Crippen molar-refractivity contribution < 1.29 is 28.7 Å². The van der Waals surface area contributed by atoms with E-state index in [1.165, 1.54) is 12.1 Å². The molecule has 9 heteroatoms. The first-order chi connectivity index (χ1) is 9.36. The normalized spacial score (nSPS) is 13.8. The standard InChI is InChI=1S/C11H12F2N2O5/c12-10(13)11(18)14-8(5-16)9(17)6-1-3-7(4-2-6)15(19)20/h1-4,8-10,16-17H,5H2,(H,14,18)/t8-,9-/m1/s1. The molecule has 0 aliphatic rings. The summed E-state index contributed by atoms with van der Waals surface area (Å²) in [6.45, 7) is -0.767. The molecule has 20 heavy (non-hydrogen) atoms. The van der Waals surface area contributed by atoms with Crippen LogP contribution >= 0.6 is 0 Å². The number of non-ortho nitro benzene ring substituents is 1. The van der Waals surface area contributed by atoms with Gasteiger partial charge in [-0.3, -0.25) is 14.9 Å². The highest BCUT2D eigenvalue weighted by atomic mass is 19.3. The molecule has 110 valence electrons. The number of alkyl halides is 2. The van der Waals surface area contributed by atoms with Gasteiger partial charge < -0.3 is 15.5 Å².